The first-order valence-corrected chi connectivity index (χ1v) is 8.61. The lowest BCUT2D eigenvalue weighted by Gasteiger charge is -2.35. The lowest BCUT2D eigenvalue weighted by molar-refractivity contribution is -0.140. The van der Waals surface area contributed by atoms with Gasteiger partial charge in [-0.15, -0.1) is 0 Å². The molecular weight excluding hydrogens is 290 g/mol. The van der Waals surface area contributed by atoms with Crippen LogP contribution in [-0.4, -0.2) is 55.7 Å². The monoisotopic (exact) mass is 317 g/mol. The van der Waals surface area contributed by atoms with Gasteiger partial charge in [0.2, 0.25) is 0 Å². The predicted octanol–water partition coefficient (Wildman–Crippen LogP) is 1.00. The van der Waals surface area contributed by atoms with E-state index >= 15 is 0 Å². The Bertz CT molecular complexity index is 508. The number of ether oxygens (including phenoxy) is 1. The minimum atomic E-state index is -0.360. The largest absolute Gasteiger partial charge is 0.366 e. The Labute approximate surface area is 138 Å². The summed E-state index contributed by atoms with van der Waals surface area (Å²) in [4.78, 5) is 14.8. The molecule has 2 aliphatic rings. The standard InChI is InChI=1S/C18H27N3O2/c1-14-7-8-19-11-16(14)20-18(22)17-13-21(9-10-23-17)12-15-5-3-2-4-6-15/h2-6,14,16-17,19H,7-13H2,1H3,(H,20,22). The molecule has 1 aromatic carbocycles. The molecule has 3 unspecified atom stereocenters. The fourth-order valence-electron chi connectivity index (χ4n) is 3.31. The van der Waals surface area contributed by atoms with Crippen LogP contribution < -0.4 is 10.6 Å². The van der Waals surface area contributed by atoms with Gasteiger partial charge in [0.25, 0.3) is 5.91 Å². The zero-order valence-corrected chi connectivity index (χ0v) is 13.8. The van der Waals surface area contributed by atoms with Crippen molar-refractivity contribution in [2.24, 2.45) is 5.92 Å². The Morgan fingerprint density at radius 1 is 1.39 bits per heavy atom. The molecule has 0 saturated carbocycles. The number of piperidine rings is 1. The van der Waals surface area contributed by atoms with E-state index in [4.69, 9.17) is 4.74 Å². The molecule has 5 nitrogen and oxygen atoms in total. The second kappa shape index (κ2) is 7.90. The van der Waals surface area contributed by atoms with Crippen LogP contribution >= 0.6 is 0 Å². The highest BCUT2D eigenvalue weighted by atomic mass is 16.5. The SMILES string of the molecule is CC1CCNCC1NC(=O)C1CN(Cc2ccccc2)CCO1. The van der Waals surface area contributed by atoms with E-state index in [0.717, 1.165) is 32.6 Å². The quantitative estimate of drug-likeness (QED) is 0.870. The molecule has 1 amide bonds. The van der Waals surface area contributed by atoms with Gasteiger partial charge in [0, 0.05) is 32.2 Å². The minimum absolute atomic E-state index is 0.0308. The lowest BCUT2D eigenvalue weighted by Crippen LogP contribution is -2.56. The van der Waals surface area contributed by atoms with E-state index in [-0.39, 0.29) is 18.1 Å². The van der Waals surface area contributed by atoms with E-state index in [9.17, 15) is 4.79 Å². The van der Waals surface area contributed by atoms with Gasteiger partial charge in [0.1, 0.15) is 6.10 Å². The number of benzene rings is 1. The summed E-state index contributed by atoms with van der Waals surface area (Å²) in [6.07, 6.45) is 0.748. The van der Waals surface area contributed by atoms with Gasteiger partial charge in [-0.2, -0.15) is 0 Å². The maximum atomic E-state index is 12.5. The molecule has 3 atom stereocenters. The van der Waals surface area contributed by atoms with Crippen LogP contribution in [0.1, 0.15) is 18.9 Å². The van der Waals surface area contributed by atoms with E-state index in [1.165, 1.54) is 5.56 Å². The molecule has 126 valence electrons. The Kier molecular flexibility index (Phi) is 5.65. The third-order valence-electron chi connectivity index (χ3n) is 4.85. The highest BCUT2D eigenvalue weighted by molar-refractivity contribution is 5.81. The molecule has 2 N–H and O–H groups in total. The predicted molar refractivity (Wildman–Crippen MR) is 90.0 cm³/mol. The van der Waals surface area contributed by atoms with Crippen LogP contribution in [0.15, 0.2) is 30.3 Å². The summed E-state index contributed by atoms with van der Waals surface area (Å²) < 4.78 is 5.71. The summed E-state index contributed by atoms with van der Waals surface area (Å²) in [5.41, 5.74) is 1.28. The average molecular weight is 317 g/mol. The van der Waals surface area contributed by atoms with Gasteiger partial charge in [-0.1, -0.05) is 37.3 Å². The first-order chi connectivity index (χ1) is 11.2. The van der Waals surface area contributed by atoms with Crippen LogP contribution in [0.5, 0.6) is 0 Å². The molecule has 0 spiro atoms. The van der Waals surface area contributed by atoms with Crippen molar-refractivity contribution in [2.45, 2.75) is 32.0 Å². The number of morpholine rings is 1. The Morgan fingerprint density at radius 2 is 2.22 bits per heavy atom. The van der Waals surface area contributed by atoms with Gasteiger partial charge < -0.3 is 15.4 Å². The van der Waals surface area contributed by atoms with Crippen molar-refractivity contribution in [2.75, 3.05) is 32.8 Å². The summed E-state index contributed by atoms with van der Waals surface area (Å²) in [6, 6.07) is 10.6. The van der Waals surface area contributed by atoms with Crippen LogP contribution in [0.3, 0.4) is 0 Å². The first kappa shape index (κ1) is 16.4. The Balaban J connectivity index is 1.52. The molecule has 0 radical (unpaired) electrons. The number of carbonyl (C=O) groups is 1. The fraction of sp³-hybridized carbons (Fsp3) is 0.611. The van der Waals surface area contributed by atoms with Gasteiger partial charge in [-0.05, 0) is 24.4 Å². The highest BCUT2D eigenvalue weighted by Crippen LogP contribution is 2.14. The van der Waals surface area contributed by atoms with Crippen LogP contribution in [0.2, 0.25) is 0 Å². The number of nitrogens with one attached hydrogen (secondary N) is 2. The molecule has 1 aromatic rings. The minimum Gasteiger partial charge on any atom is -0.366 e. The van der Waals surface area contributed by atoms with Gasteiger partial charge in [0.15, 0.2) is 0 Å². The van der Waals surface area contributed by atoms with Crippen molar-refractivity contribution in [3.8, 4) is 0 Å². The number of carbonyl (C=O) groups excluding carboxylic acids is 1. The Hall–Kier alpha value is -1.43. The maximum Gasteiger partial charge on any atom is 0.250 e. The van der Waals surface area contributed by atoms with Crippen LogP contribution in [-0.2, 0) is 16.1 Å². The molecule has 5 heteroatoms. The fourth-order valence-corrected chi connectivity index (χ4v) is 3.31. The number of hydrogen-bond acceptors (Lipinski definition) is 4. The second-order valence-electron chi connectivity index (χ2n) is 6.67. The smallest absolute Gasteiger partial charge is 0.250 e. The maximum absolute atomic E-state index is 12.5. The first-order valence-electron chi connectivity index (χ1n) is 8.61. The molecule has 23 heavy (non-hydrogen) atoms. The highest BCUT2D eigenvalue weighted by Gasteiger charge is 2.30. The number of amides is 1. The van der Waals surface area contributed by atoms with Crippen LogP contribution in [0.25, 0.3) is 0 Å². The van der Waals surface area contributed by atoms with Crippen molar-refractivity contribution in [3.63, 3.8) is 0 Å². The van der Waals surface area contributed by atoms with Gasteiger partial charge in [-0.25, -0.2) is 0 Å². The zero-order chi connectivity index (χ0) is 16.1. The molecule has 2 fully saturated rings. The van der Waals surface area contributed by atoms with Crippen molar-refractivity contribution in [1.82, 2.24) is 15.5 Å². The average Bonchev–Trinajstić information content (AvgIpc) is 2.58. The molecule has 0 aliphatic carbocycles. The summed E-state index contributed by atoms with van der Waals surface area (Å²) in [5, 5.41) is 6.52. The van der Waals surface area contributed by atoms with Crippen LogP contribution in [0, 0.1) is 5.92 Å². The summed E-state index contributed by atoms with van der Waals surface area (Å²) in [6.45, 7) is 7.12. The molecule has 0 bridgehead atoms. The lowest BCUT2D eigenvalue weighted by atomic mass is 9.94. The summed E-state index contributed by atoms with van der Waals surface area (Å²) in [7, 11) is 0. The third-order valence-corrected chi connectivity index (χ3v) is 4.85. The molecule has 2 aliphatic heterocycles. The van der Waals surface area contributed by atoms with E-state index in [1.54, 1.807) is 0 Å². The second-order valence-corrected chi connectivity index (χ2v) is 6.67. The zero-order valence-electron chi connectivity index (χ0n) is 13.8. The third kappa shape index (κ3) is 4.53. The number of rotatable bonds is 4. The van der Waals surface area contributed by atoms with E-state index < -0.39 is 0 Å². The van der Waals surface area contributed by atoms with Gasteiger partial charge >= 0.3 is 0 Å². The van der Waals surface area contributed by atoms with Crippen molar-refractivity contribution >= 4 is 5.91 Å². The van der Waals surface area contributed by atoms with Gasteiger partial charge in [0.05, 0.1) is 6.61 Å². The number of hydrogen-bond donors (Lipinski definition) is 2. The Morgan fingerprint density at radius 3 is 3.00 bits per heavy atom. The summed E-state index contributed by atoms with van der Waals surface area (Å²) in [5.74, 6) is 0.549. The molecule has 0 aromatic heterocycles. The van der Waals surface area contributed by atoms with Crippen molar-refractivity contribution in [3.05, 3.63) is 35.9 Å². The topological polar surface area (TPSA) is 53.6 Å². The van der Waals surface area contributed by atoms with E-state index in [2.05, 4.69) is 46.7 Å². The molecule has 3 rings (SSSR count). The molecular formula is C18H27N3O2. The van der Waals surface area contributed by atoms with E-state index in [1.807, 2.05) is 6.07 Å². The molecule has 2 saturated heterocycles. The number of nitrogens with zero attached hydrogens (tertiary/aromatic N) is 1. The summed E-state index contributed by atoms with van der Waals surface area (Å²) >= 11 is 0. The van der Waals surface area contributed by atoms with Crippen LogP contribution in [0.4, 0.5) is 0 Å². The normalized spacial score (nSPS) is 29.2. The van der Waals surface area contributed by atoms with Crippen molar-refractivity contribution in [1.29, 1.82) is 0 Å². The van der Waals surface area contributed by atoms with Gasteiger partial charge in [-0.3, -0.25) is 9.69 Å². The van der Waals surface area contributed by atoms with Crippen molar-refractivity contribution < 1.29 is 9.53 Å². The van der Waals surface area contributed by atoms with E-state index in [0.29, 0.717) is 19.1 Å². The molecule has 2 heterocycles.